The highest BCUT2D eigenvalue weighted by Gasteiger charge is 2.33. The molecule has 1 aliphatic heterocycles. The van der Waals surface area contributed by atoms with Gasteiger partial charge in [0, 0.05) is 5.69 Å². The second-order valence-corrected chi connectivity index (χ2v) is 14.1. The van der Waals surface area contributed by atoms with Crippen molar-refractivity contribution in [3.05, 3.63) is 200 Å². The highest BCUT2D eigenvalue weighted by molar-refractivity contribution is 6.28. The highest BCUT2D eigenvalue weighted by Crippen LogP contribution is 2.58. The Labute approximate surface area is 309 Å². The van der Waals surface area contributed by atoms with Gasteiger partial charge in [0.2, 0.25) is 0 Å². The van der Waals surface area contributed by atoms with Crippen LogP contribution in [0.1, 0.15) is 11.7 Å². The van der Waals surface area contributed by atoms with Crippen LogP contribution in [-0.2, 0) is 0 Å². The summed E-state index contributed by atoms with van der Waals surface area (Å²) in [5.41, 5.74) is 17.5. The van der Waals surface area contributed by atoms with E-state index in [0.717, 1.165) is 5.69 Å². The zero-order valence-electron chi connectivity index (χ0n) is 29.0. The molecule has 1 atom stereocenters. The van der Waals surface area contributed by atoms with Gasteiger partial charge >= 0.3 is 0 Å². The minimum absolute atomic E-state index is 0.0370. The average Bonchev–Trinajstić information content (AvgIpc) is 3.78. The zero-order chi connectivity index (χ0) is 34.9. The molecule has 1 N–H and O–H groups in total. The van der Waals surface area contributed by atoms with Gasteiger partial charge in [-0.05, 0) is 113 Å². The minimum atomic E-state index is -0.0370. The Bertz CT molecular complexity index is 2770. The van der Waals surface area contributed by atoms with Gasteiger partial charge in [0.15, 0.2) is 0 Å². The fourth-order valence-corrected chi connectivity index (χ4v) is 9.00. The third kappa shape index (κ3) is 4.52. The molecule has 11 rings (SSSR count). The summed E-state index contributed by atoms with van der Waals surface area (Å²) < 4.78 is 0. The van der Waals surface area contributed by atoms with E-state index in [2.05, 4.69) is 204 Å². The molecule has 53 heavy (non-hydrogen) atoms. The lowest BCUT2D eigenvalue weighted by Crippen LogP contribution is -2.23. The van der Waals surface area contributed by atoms with E-state index in [1.165, 1.54) is 94.1 Å². The first-order valence-corrected chi connectivity index (χ1v) is 18.4. The van der Waals surface area contributed by atoms with E-state index in [9.17, 15) is 0 Å². The van der Waals surface area contributed by atoms with E-state index >= 15 is 0 Å². The summed E-state index contributed by atoms with van der Waals surface area (Å²) in [6.07, 6.45) is -0.0370. The number of para-hydroxylation sites is 3. The van der Waals surface area contributed by atoms with Crippen LogP contribution in [0.5, 0.6) is 0 Å². The van der Waals surface area contributed by atoms with E-state index in [4.69, 9.17) is 0 Å². The number of nitrogens with zero attached hydrogens (tertiary/aromatic N) is 1. The molecule has 0 radical (unpaired) electrons. The second kappa shape index (κ2) is 11.8. The molecule has 0 saturated carbocycles. The van der Waals surface area contributed by atoms with Gasteiger partial charge in [0.1, 0.15) is 6.17 Å². The maximum absolute atomic E-state index is 3.84. The first-order valence-electron chi connectivity index (χ1n) is 18.4. The highest BCUT2D eigenvalue weighted by atomic mass is 15.3. The monoisotopic (exact) mass is 674 g/mol. The zero-order valence-corrected chi connectivity index (χ0v) is 29.0. The summed E-state index contributed by atoms with van der Waals surface area (Å²) in [7, 11) is 0. The fraction of sp³-hybridized carbons (Fsp3) is 0.0196. The maximum atomic E-state index is 3.84. The molecule has 0 amide bonds. The van der Waals surface area contributed by atoms with E-state index in [0.29, 0.717) is 0 Å². The van der Waals surface area contributed by atoms with Crippen LogP contribution < -0.4 is 10.2 Å². The number of rotatable bonds is 5. The molecule has 0 fully saturated rings. The number of hydrogen-bond donors (Lipinski definition) is 1. The van der Waals surface area contributed by atoms with Crippen LogP contribution in [0.2, 0.25) is 0 Å². The van der Waals surface area contributed by atoms with Crippen molar-refractivity contribution < 1.29 is 0 Å². The largest absolute Gasteiger partial charge is 0.359 e. The molecule has 9 aromatic carbocycles. The lowest BCUT2D eigenvalue weighted by Gasteiger charge is -2.27. The summed E-state index contributed by atoms with van der Waals surface area (Å²) in [5, 5.41) is 9.00. The van der Waals surface area contributed by atoms with Crippen LogP contribution in [0.3, 0.4) is 0 Å². The summed E-state index contributed by atoms with van der Waals surface area (Å²) in [4.78, 5) is 2.42. The minimum Gasteiger partial charge on any atom is -0.359 e. The Balaban J connectivity index is 1.14. The third-order valence-electron chi connectivity index (χ3n) is 11.2. The summed E-state index contributed by atoms with van der Waals surface area (Å²) in [6.45, 7) is 0. The van der Waals surface area contributed by atoms with Gasteiger partial charge in [-0.1, -0.05) is 164 Å². The van der Waals surface area contributed by atoms with Crippen LogP contribution in [0.25, 0.3) is 77.2 Å². The van der Waals surface area contributed by atoms with Crippen molar-refractivity contribution >= 4 is 38.6 Å². The Morgan fingerprint density at radius 2 is 0.906 bits per heavy atom. The van der Waals surface area contributed by atoms with E-state index < -0.39 is 0 Å². The predicted molar refractivity (Wildman–Crippen MR) is 224 cm³/mol. The fourth-order valence-electron chi connectivity index (χ4n) is 9.00. The van der Waals surface area contributed by atoms with Crippen molar-refractivity contribution in [3.63, 3.8) is 0 Å². The molecule has 9 aromatic rings. The molecule has 0 spiro atoms. The molecular weight excluding hydrogens is 641 g/mol. The number of benzene rings is 9. The number of anilines is 3. The van der Waals surface area contributed by atoms with E-state index in [1.807, 2.05) is 0 Å². The number of nitrogens with one attached hydrogen (secondary N) is 1. The van der Waals surface area contributed by atoms with Crippen LogP contribution in [0.15, 0.2) is 194 Å². The van der Waals surface area contributed by atoms with E-state index in [-0.39, 0.29) is 6.17 Å². The lowest BCUT2D eigenvalue weighted by molar-refractivity contribution is 0.828. The molecular formula is C51H34N2. The normalized spacial score (nSPS) is 14.0. The van der Waals surface area contributed by atoms with Crippen molar-refractivity contribution in [2.45, 2.75) is 6.17 Å². The van der Waals surface area contributed by atoms with Crippen molar-refractivity contribution in [1.82, 2.24) is 0 Å². The maximum Gasteiger partial charge on any atom is 0.130 e. The first kappa shape index (κ1) is 29.8. The smallest absolute Gasteiger partial charge is 0.130 e. The molecule has 1 unspecified atom stereocenters. The van der Waals surface area contributed by atoms with Crippen LogP contribution >= 0.6 is 0 Å². The van der Waals surface area contributed by atoms with Crippen LogP contribution in [-0.4, -0.2) is 0 Å². The SMILES string of the molecule is c1ccc(-c2c3c(c(-c4ccccc4)c4ccccc24)-c2ccc(-c4cccc(C5Nc6ccccc6N5c5ccccc5)c4)c4cccc-3c24)cc1. The molecule has 0 saturated heterocycles. The van der Waals surface area contributed by atoms with Gasteiger partial charge in [0.25, 0.3) is 0 Å². The van der Waals surface area contributed by atoms with Gasteiger partial charge < -0.3 is 10.2 Å². The third-order valence-corrected chi connectivity index (χ3v) is 11.2. The summed E-state index contributed by atoms with van der Waals surface area (Å²) in [5.74, 6) is 0. The molecule has 248 valence electrons. The molecule has 0 bridgehead atoms. The Hall–Kier alpha value is -6.90. The summed E-state index contributed by atoms with van der Waals surface area (Å²) >= 11 is 0. The van der Waals surface area contributed by atoms with Crippen molar-refractivity contribution in [2.24, 2.45) is 0 Å². The van der Waals surface area contributed by atoms with Crippen molar-refractivity contribution in [2.75, 3.05) is 10.2 Å². The molecule has 2 nitrogen and oxygen atoms in total. The van der Waals surface area contributed by atoms with Gasteiger partial charge in [-0.25, -0.2) is 0 Å². The van der Waals surface area contributed by atoms with Crippen LogP contribution in [0.4, 0.5) is 17.1 Å². The van der Waals surface area contributed by atoms with Gasteiger partial charge in [0.05, 0.1) is 11.4 Å². The first-order chi connectivity index (χ1) is 26.3. The number of hydrogen-bond acceptors (Lipinski definition) is 2. The molecule has 2 aliphatic rings. The molecule has 1 heterocycles. The van der Waals surface area contributed by atoms with Gasteiger partial charge in [-0.2, -0.15) is 0 Å². The molecule has 0 aromatic heterocycles. The summed E-state index contributed by atoms with van der Waals surface area (Å²) in [6, 6.07) is 70.9. The quantitative estimate of drug-likeness (QED) is 0.195. The predicted octanol–water partition coefficient (Wildman–Crippen LogP) is 13.9. The van der Waals surface area contributed by atoms with Crippen molar-refractivity contribution in [3.8, 4) is 55.6 Å². The molecule has 2 heteroatoms. The average molecular weight is 675 g/mol. The van der Waals surface area contributed by atoms with Gasteiger partial charge in [-0.3, -0.25) is 0 Å². The number of fused-ring (bicyclic) bond motifs is 5. The second-order valence-electron chi connectivity index (χ2n) is 14.1. The van der Waals surface area contributed by atoms with Crippen LogP contribution in [0, 0.1) is 0 Å². The molecule has 1 aliphatic carbocycles. The Morgan fingerprint density at radius 1 is 0.377 bits per heavy atom. The standard InChI is InChI=1S/C51H34N2/c1-4-16-33(17-5-1)46-40-24-10-11-25-41(40)47(34-18-6-2-7-19-34)50-43-31-30-38(39-26-15-27-42(48(39)43)49(46)50)35-20-14-21-36(32-35)51-52-44-28-12-13-29-45(44)53(51)37-22-8-3-9-23-37/h1-32,51-52H. The van der Waals surface area contributed by atoms with E-state index in [1.54, 1.807) is 0 Å². The topological polar surface area (TPSA) is 15.3 Å². The van der Waals surface area contributed by atoms with Gasteiger partial charge in [-0.15, -0.1) is 0 Å². The van der Waals surface area contributed by atoms with Crippen molar-refractivity contribution in [1.29, 1.82) is 0 Å². The Morgan fingerprint density at radius 3 is 1.60 bits per heavy atom. The Kier molecular flexibility index (Phi) is 6.65. The lowest BCUT2D eigenvalue weighted by atomic mass is 9.82.